The van der Waals surface area contributed by atoms with Gasteiger partial charge in [-0.25, -0.2) is 0 Å². The third kappa shape index (κ3) is 3.41. The highest BCUT2D eigenvalue weighted by Crippen LogP contribution is 2.66. The molecule has 2 aliphatic carbocycles. The van der Waals surface area contributed by atoms with E-state index in [0.717, 1.165) is 15.2 Å². The number of allylic oxidation sites excluding steroid dienone is 2. The second-order valence-corrected chi connectivity index (χ2v) is 12.7. The number of fused-ring (bicyclic) bond motifs is 5. The molecule has 4 amide bonds. The van der Waals surface area contributed by atoms with Crippen molar-refractivity contribution in [3.8, 4) is 5.75 Å². The molecule has 0 aromatic heterocycles. The second kappa shape index (κ2) is 9.11. The highest BCUT2D eigenvalue weighted by Gasteiger charge is 2.76. The number of likely N-dealkylation sites (tertiary alicyclic amines) is 1. The van der Waals surface area contributed by atoms with Crippen molar-refractivity contribution in [1.82, 2.24) is 4.90 Å². The summed E-state index contributed by atoms with van der Waals surface area (Å²) >= 11 is 14.4. The number of carbonyl (C=O) groups is 4. The van der Waals surface area contributed by atoms with Gasteiger partial charge in [0.25, 0.3) is 17.5 Å². The van der Waals surface area contributed by atoms with Gasteiger partial charge in [-0.1, -0.05) is 48.0 Å². The van der Waals surface area contributed by atoms with Crippen LogP contribution in [0.1, 0.15) is 24.3 Å². The molecule has 0 radical (unpaired) electrons. The number of non-ortho nitro benzene ring substituents is 1. The fourth-order valence-electron chi connectivity index (χ4n) is 7.57. The first-order chi connectivity index (χ1) is 20.4. The van der Waals surface area contributed by atoms with E-state index in [2.05, 4.69) is 0 Å². The highest BCUT2D eigenvalue weighted by molar-refractivity contribution is 6.53. The van der Waals surface area contributed by atoms with E-state index >= 15 is 0 Å². The Morgan fingerprint density at radius 3 is 2.33 bits per heavy atom. The summed E-state index contributed by atoms with van der Waals surface area (Å²) in [4.78, 5) is 63.6. The van der Waals surface area contributed by atoms with Crippen LogP contribution < -0.4 is 4.90 Å². The van der Waals surface area contributed by atoms with Crippen LogP contribution in [0.2, 0.25) is 0 Å². The SMILES string of the molecule is CN1C(=O)[C@]2(Cl)C[C@@H]3C(=CC[C@@H]4C(=O)N(c5ccc([N+](=O)[O-])cc5)C(=O)[C@@H]43)[C@H](c3ccc4ccccc4c3O)[C@]2(Cl)C1=O. The lowest BCUT2D eigenvalue weighted by Crippen LogP contribution is -2.60. The average molecular weight is 620 g/mol. The second-order valence-electron chi connectivity index (χ2n) is 11.5. The molecule has 1 N–H and O–H groups in total. The predicted octanol–water partition coefficient (Wildman–Crippen LogP) is 4.65. The van der Waals surface area contributed by atoms with Gasteiger partial charge in [0.1, 0.15) is 5.75 Å². The zero-order valence-corrected chi connectivity index (χ0v) is 24.1. The number of nitro benzene ring substituents is 1. The number of imide groups is 2. The van der Waals surface area contributed by atoms with Crippen LogP contribution in [0, 0.1) is 27.9 Å². The molecule has 218 valence electrons. The molecule has 12 heteroatoms. The molecular formula is C31H23Cl2N3O7. The molecule has 2 aliphatic heterocycles. The third-order valence-corrected chi connectivity index (χ3v) is 11.0. The van der Waals surface area contributed by atoms with E-state index in [1.54, 1.807) is 30.3 Å². The number of aromatic hydroxyl groups is 1. The maximum Gasteiger partial charge on any atom is 0.269 e. The van der Waals surface area contributed by atoms with Crippen LogP contribution in [0.25, 0.3) is 10.8 Å². The summed E-state index contributed by atoms with van der Waals surface area (Å²) in [6.07, 6.45) is 1.75. The molecule has 3 aromatic carbocycles. The van der Waals surface area contributed by atoms with Crippen molar-refractivity contribution in [3.63, 3.8) is 0 Å². The molecule has 0 unspecified atom stereocenters. The minimum atomic E-state index is -2.01. The molecule has 0 bridgehead atoms. The zero-order valence-electron chi connectivity index (χ0n) is 22.6. The number of rotatable bonds is 3. The molecule has 4 aliphatic rings. The standard InChI is InChI=1S/C31H23Cl2N3O7/c1-34-28(40)30(32)14-22-19(24(31(30,33)29(34)41)21-11-6-15-4-2-3-5-18(15)25(21)37)12-13-20-23(22)27(39)35(26(20)38)16-7-9-17(10-8-16)36(42)43/h2-12,20,22-24,37H,13-14H2,1H3/t20-,22+,23-,24+,30+,31-/m0/s1. The van der Waals surface area contributed by atoms with E-state index in [4.69, 9.17) is 23.2 Å². The Bertz CT molecular complexity index is 1840. The van der Waals surface area contributed by atoms with Gasteiger partial charge in [-0.2, -0.15) is 0 Å². The quantitative estimate of drug-likeness (QED) is 0.148. The van der Waals surface area contributed by atoms with E-state index in [1.807, 2.05) is 12.1 Å². The summed E-state index contributed by atoms with van der Waals surface area (Å²) in [5.41, 5.74) is 0.843. The van der Waals surface area contributed by atoms with Crippen molar-refractivity contribution < 1.29 is 29.2 Å². The first-order valence-electron chi connectivity index (χ1n) is 13.6. The lowest BCUT2D eigenvalue weighted by molar-refractivity contribution is -0.384. The van der Waals surface area contributed by atoms with Crippen molar-refractivity contribution in [2.45, 2.75) is 28.5 Å². The molecule has 3 fully saturated rings. The van der Waals surface area contributed by atoms with Gasteiger partial charge in [-0.15, -0.1) is 23.2 Å². The van der Waals surface area contributed by atoms with Crippen LogP contribution in [0.5, 0.6) is 5.75 Å². The number of halogens is 2. The monoisotopic (exact) mass is 619 g/mol. The molecule has 6 atom stereocenters. The number of alkyl halides is 2. The number of carbonyl (C=O) groups excluding carboxylic acids is 4. The lowest BCUT2D eigenvalue weighted by atomic mass is 9.56. The van der Waals surface area contributed by atoms with E-state index in [-0.39, 0.29) is 35.5 Å². The van der Waals surface area contributed by atoms with Gasteiger partial charge < -0.3 is 5.11 Å². The average Bonchev–Trinajstić information content (AvgIpc) is 3.33. The number of phenols is 1. The first kappa shape index (κ1) is 27.5. The molecule has 2 saturated heterocycles. The fourth-order valence-corrected chi connectivity index (χ4v) is 8.58. The summed E-state index contributed by atoms with van der Waals surface area (Å²) in [6.45, 7) is 0. The van der Waals surface area contributed by atoms with Crippen LogP contribution >= 0.6 is 23.2 Å². The van der Waals surface area contributed by atoms with E-state index < -0.39 is 62.0 Å². The van der Waals surface area contributed by atoms with Crippen molar-refractivity contribution in [2.75, 3.05) is 11.9 Å². The molecule has 2 heterocycles. The van der Waals surface area contributed by atoms with E-state index in [0.29, 0.717) is 11.0 Å². The minimum Gasteiger partial charge on any atom is -0.507 e. The largest absolute Gasteiger partial charge is 0.507 e. The molecular weight excluding hydrogens is 597 g/mol. The summed E-state index contributed by atoms with van der Waals surface area (Å²) in [5, 5.41) is 23.9. The van der Waals surface area contributed by atoms with Crippen molar-refractivity contribution in [2.24, 2.45) is 17.8 Å². The maximum atomic E-state index is 14.1. The van der Waals surface area contributed by atoms with Gasteiger partial charge in [0.15, 0.2) is 9.75 Å². The number of benzene rings is 3. The van der Waals surface area contributed by atoms with E-state index in [1.165, 1.54) is 31.3 Å². The molecule has 7 rings (SSSR count). The summed E-state index contributed by atoms with van der Waals surface area (Å²) in [5.74, 6) is -6.12. The number of hydrogen-bond acceptors (Lipinski definition) is 7. The van der Waals surface area contributed by atoms with Crippen LogP contribution in [0.15, 0.2) is 72.3 Å². The Balaban J connectivity index is 1.39. The van der Waals surface area contributed by atoms with Gasteiger partial charge in [0.05, 0.1) is 22.4 Å². The van der Waals surface area contributed by atoms with Gasteiger partial charge in [-0.3, -0.25) is 39.1 Å². The van der Waals surface area contributed by atoms with Crippen LogP contribution in [0.3, 0.4) is 0 Å². The normalized spacial score (nSPS) is 31.7. The number of nitro groups is 1. The number of hydrogen-bond donors (Lipinski definition) is 1. The topological polar surface area (TPSA) is 138 Å². The van der Waals surface area contributed by atoms with Gasteiger partial charge >= 0.3 is 0 Å². The summed E-state index contributed by atoms with van der Waals surface area (Å²) < 4.78 is 0. The van der Waals surface area contributed by atoms with Gasteiger partial charge in [0.2, 0.25) is 11.8 Å². The molecule has 3 aromatic rings. The highest BCUT2D eigenvalue weighted by atomic mass is 35.5. The fraction of sp³-hybridized carbons (Fsp3) is 0.290. The Kier molecular flexibility index (Phi) is 5.84. The summed E-state index contributed by atoms with van der Waals surface area (Å²) in [7, 11) is 1.30. The first-order valence-corrected chi connectivity index (χ1v) is 14.4. The molecule has 0 spiro atoms. The molecule has 1 saturated carbocycles. The minimum absolute atomic E-state index is 0.123. The van der Waals surface area contributed by atoms with E-state index in [9.17, 15) is 34.4 Å². The smallest absolute Gasteiger partial charge is 0.269 e. The Morgan fingerprint density at radius 1 is 0.930 bits per heavy atom. The summed E-state index contributed by atoms with van der Waals surface area (Å²) in [6, 6.07) is 15.7. The third-order valence-electron chi connectivity index (χ3n) is 9.58. The van der Waals surface area contributed by atoms with Gasteiger partial charge in [-0.05, 0) is 36.3 Å². The van der Waals surface area contributed by atoms with Crippen LogP contribution in [-0.2, 0) is 19.2 Å². The number of phenolic OH excluding ortho intramolecular Hbond substituents is 1. The number of nitrogens with zero attached hydrogens (tertiary/aromatic N) is 3. The Hall–Kier alpha value is -4.28. The van der Waals surface area contributed by atoms with Crippen LogP contribution in [-0.4, -0.2) is 55.4 Å². The predicted molar refractivity (Wildman–Crippen MR) is 157 cm³/mol. The Labute approximate surface area is 254 Å². The number of anilines is 1. The Morgan fingerprint density at radius 2 is 1.63 bits per heavy atom. The zero-order chi connectivity index (χ0) is 30.6. The van der Waals surface area contributed by atoms with Gasteiger partial charge in [0, 0.05) is 36.0 Å². The van der Waals surface area contributed by atoms with Crippen LogP contribution in [0.4, 0.5) is 11.4 Å². The van der Waals surface area contributed by atoms with Crippen molar-refractivity contribution in [3.05, 3.63) is 88.0 Å². The van der Waals surface area contributed by atoms with Crippen molar-refractivity contribution in [1.29, 1.82) is 0 Å². The van der Waals surface area contributed by atoms with Crippen molar-refractivity contribution >= 4 is 69.0 Å². The lowest BCUT2D eigenvalue weighted by Gasteiger charge is -2.50. The molecule has 10 nitrogen and oxygen atoms in total. The number of amides is 4. The molecule has 43 heavy (non-hydrogen) atoms. The maximum absolute atomic E-state index is 14.1.